The highest BCUT2D eigenvalue weighted by molar-refractivity contribution is 7.99. The lowest BCUT2D eigenvalue weighted by Gasteiger charge is -2.26. The molecule has 124 valence electrons. The summed E-state index contributed by atoms with van der Waals surface area (Å²) >= 11 is 1.62. The number of hydrogen-bond donors (Lipinski definition) is 0. The molecule has 5 rings (SSSR count). The Hall–Kier alpha value is -2.80. The van der Waals surface area contributed by atoms with E-state index in [4.69, 9.17) is 14.6 Å². The molecule has 2 aliphatic heterocycles. The Morgan fingerprint density at radius 2 is 1.76 bits per heavy atom. The van der Waals surface area contributed by atoms with Crippen molar-refractivity contribution in [1.29, 1.82) is 0 Å². The highest BCUT2D eigenvalue weighted by Crippen LogP contribution is 2.36. The predicted molar refractivity (Wildman–Crippen MR) is 94.4 cm³/mol. The molecule has 0 saturated carbocycles. The maximum Gasteiger partial charge on any atom is 0.212 e. The number of thioether (sulfide) groups is 1. The Balaban J connectivity index is 1.50. The van der Waals surface area contributed by atoms with Gasteiger partial charge >= 0.3 is 0 Å². The highest BCUT2D eigenvalue weighted by Gasteiger charge is 2.30. The third kappa shape index (κ3) is 2.56. The fourth-order valence-corrected chi connectivity index (χ4v) is 3.71. The number of fused-ring (bicyclic) bond motifs is 2. The minimum absolute atomic E-state index is 0.337. The van der Waals surface area contributed by atoms with Crippen molar-refractivity contribution in [3.63, 3.8) is 0 Å². The van der Waals surface area contributed by atoms with Crippen molar-refractivity contribution in [2.45, 2.75) is 11.3 Å². The van der Waals surface area contributed by atoms with Crippen molar-refractivity contribution in [3.8, 4) is 11.5 Å². The number of hydrogen-bond acceptors (Lipinski definition) is 6. The van der Waals surface area contributed by atoms with Gasteiger partial charge in [-0.1, -0.05) is 54.2 Å². The molecule has 0 aliphatic carbocycles. The third-order valence-corrected chi connectivity index (χ3v) is 5.03. The van der Waals surface area contributed by atoms with Crippen molar-refractivity contribution >= 4 is 17.5 Å². The van der Waals surface area contributed by atoms with Gasteiger partial charge in [-0.25, -0.2) is 0 Å². The van der Waals surface area contributed by atoms with Crippen molar-refractivity contribution in [1.82, 2.24) is 14.9 Å². The monoisotopic (exact) mass is 350 g/mol. The zero-order valence-corrected chi connectivity index (χ0v) is 14.0. The Morgan fingerprint density at radius 3 is 2.64 bits per heavy atom. The maximum atomic E-state index is 6.06. The molecule has 3 heterocycles. The Morgan fingerprint density at radius 1 is 0.960 bits per heavy atom. The quantitative estimate of drug-likeness (QED) is 0.710. The van der Waals surface area contributed by atoms with Crippen LogP contribution in [0.5, 0.6) is 11.5 Å². The average Bonchev–Trinajstić information content (AvgIpc) is 3.11. The van der Waals surface area contributed by atoms with E-state index in [1.54, 1.807) is 16.4 Å². The molecule has 1 aromatic heterocycles. The number of para-hydroxylation sites is 2. The molecule has 2 aliphatic rings. The molecule has 0 fully saturated rings. The summed E-state index contributed by atoms with van der Waals surface area (Å²) < 4.78 is 13.6. The molecule has 0 saturated heterocycles. The summed E-state index contributed by atoms with van der Waals surface area (Å²) in [6, 6.07) is 17.8. The molecule has 6 nitrogen and oxygen atoms in total. The zero-order chi connectivity index (χ0) is 16.6. The molecule has 0 radical (unpaired) electrons. The first-order valence-electron chi connectivity index (χ1n) is 7.98. The van der Waals surface area contributed by atoms with Crippen molar-refractivity contribution in [3.05, 3.63) is 66.0 Å². The van der Waals surface area contributed by atoms with E-state index in [1.165, 1.54) is 0 Å². The van der Waals surface area contributed by atoms with Crippen LogP contribution >= 0.6 is 11.8 Å². The van der Waals surface area contributed by atoms with E-state index < -0.39 is 0 Å². The smallest absolute Gasteiger partial charge is 0.212 e. The molecule has 0 bridgehead atoms. The Kier molecular flexibility index (Phi) is 3.45. The summed E-state index contributed by atoms with van der Waals surface area (Å²) in [6.07, 6.45) is -0.337. The number of ether oxygens (including phenoxy) is 2. The van der Waals surface area contributed by atoms with Crippen LogP contribution in [0, 0.1) is 0 Å². The molecule has 0 amide bonds. The normalized spacial score (nSPS) is 18.4. The first kappa shape index (κ1) is 14.5. The lowest BCUT2D eigenvalue weighted by atomic mass is 10.1. The van der Waals surface area contributed by atoms with Crippen LogP contribution in [0.25, 0.3) is 0 Å². The van der Waals surface area contributed by atoms with Gasteiger partial charge in [-0.15, -0.1) is 10.2 Å². The van der Waals surface area contributed by atoms with Gasteiger partial charge in [-0.3, -0.25) is 0 Å². The number of nitrogens with zero attached hydrogens (tertiary/aromatic N) is 4. The van der Waals surface area contributed by atoms with E-state index in [-0.39, 0.29) is 6.10 Å². The van der Waals surface area contributed by atoms with Crippen LogP contribution in [0.3, 0.4) is 0 Å². The summed E-state index contributed by atoms with van der Waals surface area (Å²) in [7, 11) is 0. The topological polar surface area (TPSA) is 61.5 Å². The third-order valence-electron chi connectivity index (χ3n) is 4.10. The van der Waals surface area contributed by atoms with Crippen molar-refractivity contribution in [2.75, 3.05) is 12.4 Å². The molecular formula is C18H14N4O2S. The number of benzene rings is 2. The van der Waals surface area contributed by atoms with E-state index in [0.717, 1.165) is 27.9 Å². The fraction of sp³-hybridized carbons (Fsp3) is 0.167. The zero-order valence-electron chi connectivity index (χ0n) is 13.2. The standard InChI is InChI=1S/C18H14N4O2S/c1-2-6-12(7-3-1)13-11-25-18-20-19-17(22(18)21-13)16-10-23-14-8-4-5-9-15(14)24-16/h1-9,16H,10-11H2/t16-/m1/s1. The highest BCUT2D eigenvalue weighted by atomic mass is 32.2. The van der Waals surface area contributed by atoms with Gasteiger partial charge in [0.1, 0.15) is 6.61 Å². The Labute approximate surface area is 148 Å². The number of rotatable bonds is 2. The molecule has 2 aromatic carbocycles. The Bertz CT molecular complexity index is 955. The maximum absolute atomic E-state index is 6.06. The fourth-order valence-electron chi connectivity index (χ4n) is 2.86. The molecular weight excluding hydrogens is 336 g/mol. The SMILES string of the molecule is c1ccc(C2=Nn3c(nnc3[C@H]3COc4ccccc4O3)SC2)cc1. The summed E-state index contributed by atoms with van der Waals surface area (Å²) in [5, 5.41) is 14.1. The van der Waals surface area contributed by atoms with Gasteiger partial charge in [0.15, 0.2) is 23.4 Å². The summed E-state index contributed by atoms with van der Waals surface area (Å²) in [5.74, 6) is 2.89. The van der Waals surface area contributed by atoms with Gasteiger partial charge in [0.05, 0.1) is 5.71 Å². The lowest BCUT2D eigenvalue weighted by Crippen LogP contribution is -2.25. The van der Waals surface area contributed by atoms with Crippen LogP contribution in [0.2, 0.25) is 0 Å². The largest absolute Gasteiger partial charge is 0.485 e. The molecule has 25 heavy (non-hydrogen) atoms. The number of aromatic nitrogens is 3. The van der Waals surface area contributed by atoms with E-state index >= 15 is 0 Å². The summed E-state index contributed by atoms with van der Waals surface area (Å²) in [6.45, 7) is 0.385. The van der Waals surface area contributed by atoms with Gasteiger partial charge in [0.2, 0.25) is 5.16 Å². The van der Waals surface area contributed by atoms with Gasteiger partial charge < -0.3 is 9.47 Å². The van der Waals surface area contributed by atoms with E-state index in [9.17, 15) is 0 Å². The van der Waals surface area contributed by atoms with Crippen LogP contribution in [0.15, 0.2) is 64.9 Å². The molecule has 3 aromatic rings. The minimum Gasteiger partial charge on any atom is -0.485 e. The average molecular weight is 350 g/mol. The predicted octanol–water partition coefficient (Wildman–Crippen LogP) is 3.15. The summed E-state index contributed by atoms with van der Waals surface area (Å²) in [5.41, 5.74) is 2.10. The minimum atomic E-state index is -0.337. The van der Waals surface area contributed by atoms with Crippen LogP contribution in [-0.2, 0) is 0 Å². The second kappa shape index (κ2) is 5.93. The molecule has 0 N–H and O–H groups in total. The molecule has 1 atom stereocenters. The lowest BCUT2D eigenvalue weighted by molar-refractivity contribution is 0.0823. The summed E-state index contributed by atoms with van der Waals surface area (Å²) in [4.78, 5) is 0. The molecule has 0 spiro atoms. The van der Waals surface area contributed by atoms with Crippen LogP contribution in [-0.4, -0.2) is 32.9 Å². The first-order valence-corrected chi connectivity index (χ1v) is 8.97. The van der Waals surface area contributed by atoms with Crippen LogP contribution in [0.1, 0.15) is 17.5 Å². The van der Waals surface area contributed by atoms with Gasteiger partial charge in [0, 0.05) is 5.75 Å². The van der Waals surface area contributed by atoms with Gasteiger partial charge in [-0.05, 0) is 17.7 Å². The van der Waals surface area contributed by atoms with E-state index in [2.05, 4.69) is 22.3 Å². The van der Waals surface area contributed by atoms with Crippen molar-refractivity contribution in [2.24, 2.45) is 5.10 Å². The van der Waals surface area contributed by atoms with E-state index in [0.29, 0.717) is 18.2 Å². The van der Waals surface area contributed by atoms with Crippen molar-refractivity contribution < 1.29 is 9.47 Å². The van der Waals surface area contributed by atoms with Crippen LogP contribution < -0.4 is 9.47 Å². The van der Waals surface area contributed by atoms with Gasteiger partial charge in [0.25, 0.3) is 0 Å². The van der Waals surface area contributed by atoms with Crippen LogP contribution in [0.4, 0.5) is 0 Å². The van der Waals surface area contributed by atoms with E-state index in [1.807, 2.05) is 42.5 Å². The molecule has 7 heteroatoms. The van der Waals surface area contributed by atoms with Gasteiger partial charge in [-0.2, -0.15) is 9.78 Å². The first-order chi connectivity index (χ1) is 12.4. The second-order valence-electron chi connectivity index (χ2n) is 5.72. The second-order valence-corrected chi connectivity index (χ2v) is 6.66. The molecule has 0 unspecified atom stereocenters.